The smallest absolute Gasteiger partial charge is 0.130 e. The Morgan fingerprint density at radius 1 is 1.20 bits per heavy atom. The Bertz CT molecular complexity index is 718. The topological polar surface area (TPSA) is 38.9 Å². The lowest BCUT2D eigenvalue weighted by Crippen LogP contribution is -2.15. The number of hydrogen-bond acceptors (Lipinski definition) is 3. The van der Waals surface area contributed by atoms with E-state index in [1.165, 1.54) is 0 Å². The summed E-state index contributed by atoms with van der Waals surface area (Å²) >= 11 is 1.62. The van der Waals surface area contributed by atoms with Crippen LogP contribution < -0.4 is 5.73 Å². The Morgan fingerprint density at radius 3 is 2.80 bits per heavy atom. The molecule has 0 spiro atoms. The standard InChI is InChI=1S/C16H15FN2S/c1-10-5-4-6-11(16(10)17)12(18)9-15-19-13-7-2-3-8-14(13)20-15/h2-8,12H,9,18H2,1H3. The molecule has 1 heterocycles. The number of halogens is 1. The van der Waals surface area contributed by atoms with E-state index in [0.29, 0.717) is 17.5 Å². The number of rotatable bonds is 3. The number of para-hydroxylation sites is 1. The van der Waals surface area contributed by atoms with Crippen molar-refractivity contribution in [1.29, 1.82) is 0 Å². The van der Waals surface area contributed by atoms with Crippen LogP contribution in [0.3, 0.4) is 0 Å². The molecule has 3 rings (SSSR count). The monoisotopic (exact) mass is 286 g/mol. The van der Waals surface area contributed by atoms with Crippen molar-refractivity contribution in [3.05, 3.63) is 64.4 Å². The van der Waals surface area contributed by atoms with Crippen molar-refractivity contribution in [1.82, 2.24) is 4.98 Å². The fourth-order valence-corrected chi connectivity index (χ4v) is 3.29. The summed E-state index contributed by atoms with van der Waals surface area (Å²) in [6, 6.07) is 12.9. The molecule has 0 saturated heterocycles. The van der Waals surface area contributed by atoms with Gasteiger partial charge < -0.3 is 5.73 Å². The maximum absolute atomic E-state index is 14.1. The zero-order valence-electron chi connectivity index (χ0n) is 11.1. The highest BCUT2D eigenvalue weighted by molar-refractivity contribution is 7.18. The second kappa shape index (κ2) is 5.31. The lowest BCUT2D eigenvalue weighted by Gasteiger charge is -2.12. The largest absolute Gasteiger partial charge is 0.324 e. The van der Waals surface area contributed by atoms with E-state index in [1.54, 1.807) is 30.4 Å². The second-order valence-electron chi connectivity index (χ2n) is 4.86. The number of nitrogens with two attached hydrogens (primary N) is 1. The van der Waals surface area contributed by atoms with Crippen LogP contribution in [-0.2, 0) is 6.42 Å². The summed E-state index contributed by atoms with van der Waals surface area (Å²) in [6.07, 6.45) is 0.555. The molecule has 4 heteroatoms. The van der Waals surface area contributed by atoms with Crippen LogP contribution in [0, 0.1) is 12.7 Å². The summed E-state index contributed by atoms with van der Waals surface area (Å²) in [4.78, 5) is 4.55. The second-order valence-corrected chi connectivity index (χ2v) is 5.98. The molecule has 1 aromatic heterocycles. The van der Waals surface area contributed by atoms with Crippen LogP contribution in [-0.4, -0.2) is 4.98 Å². The third-order valence-electron chi connectivity index (χ3n) is 3.35. The van der Waals surface area contributed by atoms with Crippen molar-refractivity contribution >= 4 is 21.6 Å². The maximum atomic E-state index is 14.1. The van der Waals surface area contributed by atoms with Gasteiger partial charge in [0.2, 0.25) is 0 Å². The van der Waals surface area contributed by atoms with Gasteiger partial charge in [0.05, 0.1) is 15.2 Å². The molecule has 0 fully saturated rings. The molecular formula is C16H15FN2S. The zero-order chi connectivity index (χ0) is 14.1. The van der Waals surface area contributed by atoms with Gasteiger partial charge in [0.1, 0.15) is 5.82 Å². The minimum absolute atomic E-state index is 0.207. The Balaban J connectivity index is 1.88. The van der Waals surface area contributed by atoms with Crippen molar-refractivity contribution < 1.29 is 4.39 Å². The van der Waals surface area contributed by atoms with Crippen LogP contribution >= 0.6 is 11.3 Å². The van der Waals surface area contributed by atoms with Gasteiger partial charge in [0.15, 0.2) is 0 Å². The van der Waals surface area contributed by atoms with Crippen molar-refractivity contribution in [3.8, 4) is 0 Å². The van der Waals surface area contributed by atoms with Crippen LogP contribution in [0.25, 0.3) is 10.2 Å². The van der Waals surface area contributed by atoms with E-state index in [0.717, 1.165) is 15.2 Å². The molecule has 1 atom stereocenters. The number of thiazole rings is 1. The average molecular weight is 286 g/mol. The van der Waals surface area contributed by atoms with Crippen LogP contribution in [0.4, 0.5) is 4.39 Å². The fourth-order valence-electron chi connectivity index (χ4n) is 2.26. The number of nitrogens with zero attached hydrogens (tertiary/aromatic N) is 1. The van der Waals surface area contributed by atoms with Gasteiger partial charge >= 0.3 is 0 Å². The predicted octanol–water partition coefficient (Wildman–Crippen LogP) is 3.99. The first-order valence-electron chi connectivity index (χ1n) is 6.50. The fraction of sp³-hybridized carbons (Fsp3) is 0.188. The molecule has 2 N–H and O–H groups in total. The van der Waals surface area contributed by atoms with Gasteiger partial charge in [0, 0.05) is 18.0 Å². The highest BCUT2D eigenvalue weighted by atomic mass is 32.1. The van der Waals surface area contributed by atoms with Gasteiger partial charge in [0.25, 0.3) is 0 Å². The Labute approximate surface area is 121 Å². The molecule has 1 unspecified atom stereocenters. The summed E-state index contributed by atoms with van der Waals surface area (Å²) in [5.41, 5.74) is 8.31. The summed E-state index contributed by atoms with van der Waals surface area (Å²) in [5.74, 6) is -0.207. The van der Waals surface area contributed by atoms with Crippen molar-refractivity contribution in [2.24, 2.45) is 5.73 Å². The molecule has 102 valence electrons. The van der Waals surface area contributed by atoms with Crippen LogP contribution in [0.2, 0.25) is 0 Å². The lowest BCUT2D eigenvalue weighted by molar-refractivity contribution is 0.572. The SMILES string of the molecule is Cc1cccc(C(N)Cc2nc3ccccc3s2)c1F. The Hall–Kier alpha value is -1.78. The molecule has 2 nitrogen and oxygen atoms in total. The van der Waals surface area contributed by atoms with Crippen LogP contribution in [0.1, 0.15) is 22.2 Å². The van der Waals surface area contributed by atoms with Gasteiger partial charge in [-0.1, -0.05) is 30.3 Å². The van der Waals surface area contributed by atoms with Gasteiger partial charge in [-0.2, -0.15) is 0 Å². The van der Waals surface area contributed by atoms with Crippen molar-refractivity contribution in [2.75, 3.05) is 0 Å². The van der Waals surface area contributed by atoms with E-state index in [2.05, 4.69) is 4.98 Å². The number of fused-ring (bicyclic) bond motifs is 1. The number of benzene rings is 2. The summed E-state index contributed by atoms with van der Waals surface area (Å²) in [7, 11) is 0. The van der Waals surface area contributed by atoms with Gasteiger partial charge in [-0.05, 0) is 24.6 Å². The van der Waals surface area contributed by atoms with Crippen LogP contribution in [0.5, 0.6) is 0 Å². The van der Waals surface area contributed by atoms with Gasteiger partial charge in [-0.3, -0.25) is 0 Å². The molecule has 0 amide bonds. The number of hydrogen-bond donors (Lipinski definition) is 1. The first kappa shape index (κ1) is 13.2. The average Bonchev–Trinajstić information content (AvgIpc) is 2.83. The van der Waals surface area contributed by atoms with E-state index in [-0.39, 0.29) is 11.9 Å². The maximum Gasteiger partial charge on any atom is 0.130 e. The van der Waals surface area contributed by atoms with Crippen molar-refractivity contribution in [2.45, 2.75) is 19.4 Å². The molecule has 0 bridgehead atoms. The molecule has 0 aliphatic carbocycles. The summed E-state index contributed by atoms with van der Waals surface area (Å²) in [6.45, 7) is 1.75. The molecule has 3 aromatic rings. The quantitative estimate of drug-likeness (QED) is 0.790. The van der Waals surface area contributed by atoms with Crippen molar-refractivity contribution in [3.63, 3.8) is 0 Å². The molecule has 0 saturated carbocycles. The lowest BCUT2D eigenvalue weighted by atomic mass is 10.0. The first-order chi connectivity index (χ1) is 9.65. The highest BCUT2D eigenvalue weighted by Gasteiger charge is 2.15. The third kappa shape index (κ3) is 2.44. The van der Waals surface area contributed by atoms with Gasteiger partial charge in [-0.15, -0.1) is 11.3 Å². The molecular weight excluding hydrogens is 271 g/mol. The highest BCUT2D eigenvalue weighted by Crippen LogP contribution is 2.26. The Morgan fingerprint density at radius 2 is 2.00 bits per heavy atom. The summed E-state index contributed by atoms with van der Waals surface area (Å²) in [5, 5.41) is 0.944. The molecule has 0 radical (unpaired) electrons. The molecule has 0 aliphatic heterocycles. The minimum atomic E-state index is -0.365. The summed E-state index contributed by atoms with van der Waals surface area (Å²) < 4.78 is 15.2. The van der Waals surface area contributed by atoms with Gasteiger partial charge in [-0.25, -0.2) is 9.37 Å². The normalized spacial score (nSPS) is 12.8. The predicted molar refractivity (Wildman–Crippen MR) is 81.4 cm³/mol. The van der Waals surface area contributed by atoms with E-state index in [1.807, 2.05) is 30.3 Å². The van der Waals surface area contributed by atoms with E-state index >= 15 is 0 Å². The molecule has 20 heavy (non-hydrogen) atoms. The first-order valence-corrected chi connectivity index (χ1v) is 7.32. The number of aromatic nitrogens is 1. The Kier molecular flexibility index (Phi) is 3.51. The third-order valence-corrected chi connectivity index (χ3v) is 4.41. The van der Waals surface area contributed by atoms with E-state index in [4.69, 9.17) is 5.73 Å². The zero-order valence-corrected chi connectivity index (χ0v) is 12.0. The number of aryl methyl sites for hydroxylation is 1. The minimum Gasteiger partial charge on any atom is -0.324 e. The molecule has 2 aromatic carbocycles. The van der Waals surface area contributed by atoms with E-state index in [9.17, 15) is 4.39 Å². The van der Waals surface area contributed by atoms with Crippen LogP contribution in [0.15, 0.2) is 42.5 Å². The molecule has 0 aliphatic rings. The van der Waals surface area contributed by atoms with E-state index < -0.39 is 0 Å².